The van der Waals surface area contributed by atoms with Gasteiger partial charge in [-0.2, -0.15) is 11.8 Å². The van der Waals surface area contributed by atoms with Gasteiger partial charge in [0.15, 0.2) is 0 Å². The van der Waals surface area contributed by atoms with Crippen LogP contribution < -0.4 is 9.62 Å². The summed E-state index contributed by atoms with van der Waals surface area (Å²) in [5.41, 5.74) is 3.98. The van der Waals surface area contributed by atoms with E-state index in [2.05, 4.69) is 24.4 Å². The molecule has 0 bridgehead atoms. The van der Waals surface area contributed by atoms with Crippen molar-refractivity contribution in [3.8, 4) is 0 Å². The first-order valence-electron chi connectivity index (χ1n) is 9.16. The molecule has 0 unspecified atom stereocenters. The molecule has 0 saturated heterocycles. The van der Waals surface area contributed by atoms with Gasteiger partial charge in [-0.25, -0.2) is 8.42 Å². The van der Waals surface area contributed by atoms with Crippen LogP contribution in [0.1, 0.15) is 23.6 Å². The lowest BCUT2D eigenvalue weighted by molar-refractivity contribution is -0.121. The normalized spacial score (nSPS) is 12.4. The summed E-state index contributed by atoms with van der Waals surface area (Å²) in [6, 6.07) is 14.6. The van der Waals surface area contributed by atoms with Gasteiger partial charge in [-0.3, -0.25) is 9.10 Å². The second kappa shape index (κ2) is 9.98. The van der Waals surface area contributed by atoms with E-state index in [0.717, 1.165) is 23.3 Å². The predicted molar refractivity (Wildman–Crippen MR) is 118 cm³/mol. The van der Waals surface area contributed by atoms with Crippen molar-refractivity contribution in [2.75, 3.05) is 22.9 Å². The second-order valence-electron chi connectivity index (χ2n) is 6.84. The molecule has 2 aromatic carbocycles. The summed E-state index contributed by atoms with van der Waals surface area (Å²) in [5.74, 6) is 1.34. The fourth-order valence-electron chi connectivity index (χ4n) is 2.92. The average Bonchev–Trinajstić information content (AvgIpc) is 2.61. The summed E-state index contributed by atoms with van der Waals surface area (Å²) in [4.78, 5) is 12.6. The number of benzene rings is 2. The van der Waals surface area contributed by atoms with Gasteiger partial charge in [0.2, 0.25) is 15.9 Å². The predicted octanol–water partition coefficient (Wildman–Crippen LogP) is 3.51. The Balaban J connectivity index is 1.91. The SMILES string of the molecule is Cc1cccc(N([C@H](C)C(=O)NCCSCc2ccccc2C)S(C)(=O)=O)c1. The molecule has 5 nitrogen and oxygen atoms in total. The van der Waals surface area contributed by atoms with Crippen LogP contribution in [0.4, 0.5) is 5.69 Å². The molecule has 28 heavy (non-hydrogen) atoms. The number of thioether (sulfide) groups is 1. The number of hydrogen-bond acceptors (Lipinski definition) is 4. The number of sulfonamides is 1. The highest BCUT2D eigenvalue weighted by atomic mass is 32.2. The van der Waals surface area contributed by atoms with Crippen molar-refractivity contribution >= 4 is 33.4 Å². The van der Waals surface area contributed by atoms with Crippen molar-refractivity contribution in [3.63, 3.8) is 0 Å². The maximum Gasteiger partial charge on any atom is 0.243 e. The molecule has 0 spiro atoms. The molecule has 0 saturated carbocycles. The monoisotopic (exact) mass is 420 g/mol. The van der Waals surface area contributed by atoms with Crippen molar-refractivity contribution in [2.45, 2.75) is 32.6 Å². The van der Waals surface area contributed by atoms with Crippen molar-refractivity contribution in [1.29, 1.82) is 0 Å². The number of carbonyl (C=O) groups excluding carboxylic acids is 1. The van der Waals surface area contributed by atoms with Gasteiger partial charge in [0.05, 0.1) is 11.9 Å². The highest BCUT2D eigenvalue weighted by Gasteiger charge is 2.28. The Morgan fingerprint density at radius 1 is 1.14 bits per heavy atom. The fraction of sp³-hybridized carbons (Fsp3) is 0.381. The van der Waals surface area contributed by atoms with Gasteiger partial charge >= 0.3 is 0 Å². The zero-order valence-electron chi connectivity index (χ0n) is 16.8. The smallest absolute Gasteiger partial charge is 0.243 e. The van der Waals surface area contributed by atoms with Gasteiger partial charge in [-0.1, -0.05) is 36.4 Å². The Labute approximate surface area is 172 Å². The first kappa shape index (κ1) is 22.3. The van der Waals surface area contributed by atoms with E-state index in [4.69, 9.17) is 0 Å². The molecule has 0 aliphatic heterocycles. The molecule has 0 aliphatic rings. The Bertz CT molecular complexity index is 913. The number of anilines is 1. The summed E-state index contributed by atoms with van der Waals surface area (Å²) in [6.45, 7) is 6.08. The zero-order valence-corrected chi connectivity index (χ0v) is 18.4. The summed E-state index contributed by atoms with van der Waals surface area (Å²) < 4.78 is 25.8. The van der Waals surface area contributed by atoms with Crippen LogP contribution in [0.5, 0.6) is 0 Å². The third kappa shape index (κ3) is 6.27. The van der Waals surface area contributed by atoms with E-state index < -0.39 is 16.1 Å². The molecular weight excluding hydrogens is 392 g/mol. The van der Waals surface area contributed by atoms with E-state index in [0.29, 0.717) is 12.2 Å². The van der Waals surface area contributed by atoms with Crippen LogP contribution in [-0.4, -0.2) is 38.9 Å². The fourth-order valence-corrected chi connectivity index (χ4v) is 5.02. The third-order valence-corrected chi connectivity index (χ3v) is 6.66. The van der Waals surface area contributed by atoms with Crippen molar-refractivity contribution in [1.82, 2.24) is 5.32 Å². The van der Waals surface area contributed by atoms with Gasteiger partial charge in [-0.05, 0) is 49.6 Å². The molecule has 0 fully saturated rings. The summed E-state index contributed by atoms with van der Waals surface area (Å²) in [6.07, 6.45) is 1.12. The topological polar surface area (TPSA) is 66.5 Å². The number of carbonyl (C=O) groups is 1. The van der Waals surface area contributed by atoms with Crippen LogP contribution in [0.25, 0.3) is 0 Å². The zero-order chi connectivity index (χ0) is 20.7. The molecule has 0 radical (unpaired) electrons. The van der Waals surface area contributed by atoms with Gasteiger partial charge in [0, 0.05) is 18.1 Å². The lowest BCUT2D eigenvalue weighted by atomic mass is 10.1. The van der Waals surface area contributed by atoms with Gasteiger partial charge < -0.3 is 5.32 Å². The lowest BCUT2D eigenvalue weighted by Crippen LogP contribution is -2.48. The number of aryl methyl sites for hydroxylation is 2. The molecule has 0 heterocycles. The molecule has 1 atom stereocenters. The average molecular weight is 421 g/mol. The number of amides is 1. The molecule has 0 aromatic heterocycles. The van der Waals surface area contributed by atoms with Crippen LogP contribution >= 0.6 is 11.8 Å². The minimum Gasteiger partial charge on any atom is -0.353 e. The highest BCUT2D eigenvalue weighted by Crippen LogP contribution is 2.22. The quantitative estimate of drug-likeness (QED) is 0.631. The Kier molecular flexibility index (Phi) is 7.95. The minimum atomic E-state index is -3.59. The van der Waals surface area contributed by atoms with Crippen LogP contribution in [0.15, 0.2) is 48.5 Å². The van der Waals surface area contributed by atoms with Crippen molar-refractivity contribution in [3.05, 3.63) is 65.2 Å². The van der Waals surface area contributed by atoms with Crippen LogP contribution in [-0.2, 0) is 20.6 Å². The van der Waals surface area contributed by atoms with Gasteiger partial charge in [-0.15, -0.1) is 0 Å². The van der Waals surface area contributed by atoms with E-state index in [1.54, 1.807) is 36.9 Å². The van der Waals surface area contributed by atoms with Crippen LogP contribution in [0, 0.1) is 13.8 Å². The standard InChI is InChI=1S/C21H28N2O3S2/c1-16-8-7-11-20(14-16)23(28(4,25)26)18(3)21(24)22-12-13-27-15-19-10-6-5-9-17(19)2/h5-11,14,18H,12-13,15H2,1-4H3,(H,22,24)/t18-/m1/s1. The molecule has 2 aromatic rings. The van der Waals surface area contributed by atoms with Crippen LogP contribution in [0.3, 0.4) is 0 Å². The maximum atomic E-state index is 12.6. The number of rotatable bonds is 9. The minimum absolute atomic E-state index is 0.302. The Hall–Kier alpha value is -1.99. The molecule has 152 valence electrons. The third-order valence-electron chi connectivity index (χ3n) is 4.41. The molecule has 0 aliphatic carbocycles. The Morgan fingerprint density at radius 3 is 2.50 bits per heavy atom. The number of hydrogen-bond donors (Lipinski definition) is 1. The van der Waals surface area contributed by atoms with E-state index >= 15 is 0 Å². The summed E-state index contributed by atoms with van der Waals surface area (Å²) in [7, 11) is -3.59. The van der Waals surface area contributed by atoms with E-state index in [1.807, 2.05) is 25.1 Å². The molecule has 1 N–H and O–H groups in total. The van der Waals surface area contributed by atoms with E-state index in [-0.39, 0.29) is 5.91 Å². The summed E-state index contributed by atoms with van der Waals surface area (Å²) >= 11 is 1.74. The lowest BCUT2D eigenvalue weighted by Gasteiger charge is -2.28. The molecule has 1 amide bonds. The largest absolute Gasteiger partial charge is 0.353 e. The second-order valence-corrected chi connectivity index (χ2v) is 9.81. The van der Waals surface area contributed by atoms with Crippen molar-refractivity contribution in [2.24, 2.45) is 0 Å². The van der Waals surface area contributed by atoms with Gasteiger partial charge in [0.1, 0.15) is 6.04 Å². The maximum absolute atomic E-state index is 12.6. The van der Waals surface area contributed by atoms with E-state index in [9.17, 15) is 13.2 Å². The van der Waals surface area contributed by atoms with Crippen LogP contribution in [0.2, 0.25) is 0 Å². The number of nitrogens with zero attached hydrogens (tertiary/aromatic N) is 1. The molecule has 7 heteroatoms. The highest BCUT2D eigenvalue weighted by molar-refractivity contribution is 7.98. The molecular formula is C21H28N2O3S2. The Morgan fingerprint density at radius 2 is 1.86 bits per heavy atom. The van der Waals surface area contributed by atoms with Crippen molar-refractivity contribution < 1.29 is 13.2 Å². The van der Waals surface area contributed by atoms with Gasteiger partial charge in [0.25, 0.3) is 0 Å². The molecule has 2 rings (SSSR count). The number of nitrogens with one attached hydrogen (secondary N) is 1. The first-order valence-corrected chi connectivity index (χ1v) is 12.2. The van der Waals surface area contributed by atoms with E-state index in [1.165, 1.54) is 15.4 Å². The first-order chi connectivity index (χ1) is 13.2. The summed E-state index contributed by atoms with van der Waals surface area (Å²) in [5, 5.41) is 2.85.